The minimum Gasteiger partial charge on any atom is -0.0651 e. The third-order valence-corrected chi connectivity index (χ3v) is 5.37. The molecule has 0 aromatic carbocycles. The highest BCUT2D eigenvalue weighted by Gasteiger charge is 2.29. The molecule has 0 radical (unpaired) electrons. The molecule has 0 nitrogen and oxygen atoms in total. The molecule has 1 rings (SSSR count). The molecule has 0 spiro atoms. The first-order valence-corrected chi connectivity index (χ1v) is 8.34. The zero-order chi connectivity index (χ0) is 13.8. The van der Waals surface area contributed by atoms with Crippen LogP contribution in [0.5, 0.6) is 0 Å². The van der Waals surface area contributed by atoms with Gasteiger partial charge in [0, 0.05) is 0 Å². The average Bonchev–Trinajstić information content (AvgIpc) is 2.68. The second-order valence-corrected chi connectivity index (χ2v) is 8.07. The van der Waals surface area contributed by atoms with Crippen LogP contribution in [0.4, 0.5) is 0 Å². The molecular formula is C18H36. The van der Waals surface area contributed by atoms with Crippen LogP contribution in [0.1, 0.15) is 86.5 Å². The summed E-state index contributed by atoms with van der Waals surface area (Å²) in [6.45, 7) is 14.5. The Bertz CT molecular complexity index is 223. The van der Waals surface area contributed by atoms with Crippen LogP contribution >= 0.6 is 0 Å². The molecule has 0 aliphatic heterocycles. The van der Waals surface area contributed by atoms with Gasteiger partial charge in [-0.15, -0.1) is 0 Å². The second kappa shape index (κ2) is 6.96. The third kappa shape index (κ3) is 4.94. The van der Waals surface area contributed by atoms with Crippen LogP contribution in [0.15, 0.2) is 0 Å². The summed E-state index contributed by atoms with van der Waals surface area (Å²) >= 11 is 0. The van der Waals surface area contributed by atoms with Gasteiger partial charge in [-0.2, -0.15) is 0 Å². The van der Waals surface area contributed by atoms with Gasteiger partial charge in [-0.1, -0.05) is 73.6 Å². The van der Waals surface area contributed by atoms with Crippen molar-refractivity contribution in [1.29, 1.82) is 0 Å². The van der Waals surface area contributed by atoms with Crippen LogP contribution in [0.25, 0.3) is 0 Å². The first-order valence-electron chi connectivity index (χ1n) is 8.34. The number of hydrogen-bond donors (Lipinski definition) is 0. The molecule has 0 amide bonds. The van der Waals surface area contributed by atoms with E-state index in [2.05, 4.69) is 41.5 Å². The van der Waals surface area contributed by atoms with Gasteiger partial charge >= 0.3 is 0 Å². The fraction of sp³-hybridized carbons (Fsp3) is 1.00. The summed E-state index contributed by atoms with van der Waals surface area (Å²) in [4.78, 5) is 0. The SMILES string of the molecule is CCC(C)C(CCCC1CCC(C)C1)C(C)(C)C. The van der Waals surface area contributed by atoms with Crippen LogP contribution in [0, 0.1) is 29.1 Å². The summed E-state index contributed by atoms with van der Waals surface area (Å²) < 4.78 is 0. The quantitative estimate of drug-likeness (QED) is 0.520. The predicted octanol–water partition coefficient (Wildman–Crippen LogP) is 6.30. The molecule has 1 aliphatic rings. The molecule has 0 heterocycles. The standard InChI is InChI=1S/C18H36/c1-7-15(3)17(18(4,5)6)10-8-9-16-12-11-14(2)13-16/h14-17H,7-13H2,1-6H3. The van der Waals surface area contributed by atoms with Gasteiger partial charge in [0.15, 0.2) is 0 Å². The Kier molecular flexibility index (Phi) is 6.21. The highest BCUT2D eigenvalue weighted by molar-refractivity contribution is 4.79. The summed E-state index contributed by atoms with van der Waals surface area (Å²) in [7, 11) is 0. The lowest BCUT2D eigenvalue weighted by atomic mass is 9.70. The molecule has 1 saturated carbocycles. The van der Waals surface area contributed by atoms with Crippen molar-refractivity contribution in [3.63, 3.8) is 0 Å². The van der Waals surface area contributed by atoms with Gasteiger partial charge in [-0.3, -0.25) is 0 Å². The van der Waals surface area contributed by atoms with Crippen LogP contribution in [-0.2, 0) is 0 Å². The summed E-state index contributed by atoms with van der Waals surface area (Å²) in [5, 5.41) is 0. The van der Waals surface area contributed by atoms with Crippen molar-refractivity contribution in [1.82, 2.24) is 0 Å². The predicted molar refractivity (Wildman–Crippen MR) is 82.8 cm³/mol. The lowest BCUT2D eigenvalue weighted by Gasteiger charge is -2.35. The minimum absolute atomic E-state index is 0.485. The lowest BCUT2D eigenvalue weighted by molar-refractivity contribution is 0.146. The van der Waals surface area contributed by atoms with E-state index in [0.29, 0.717) is 5.41 Å². The van der Waals surface area contributed by atoms with Crippen molar-refractivity contribution in [2.45, 2.75) is 86.5 Å². The van der Waals surface area contributed by atoms with Crippen molar-refractivity contribution in [3.05, 3.63) is 0 Å². The summed E-state index contributed by atoms with van der Waals surface area (Å²) in [5.41, 5.74) is 0.485. The lowest BCUT2D eigenvalue weighted by Crippen LogP contribution is -2.26. The van der Waals surface area contributed by atoms with Crippen LogP contribution < -0.4 is 0 Å². The Morgan fingerprint density at radius 2 is 1.83 bits per heavy atom. The van der Waals surface area contributed by atoms with Crippen molar-refractivity contribution >= 4 is 0 Å². The van der Waals surface area contributed by atoms with E-state index in [1.54, 1.807) is 0 Å². The fourth-order valence-corrected chi connectivity index (χ4v) is 4.07. The molecule has 1 fully saturated rings. The minimum atomic E-state index is 0.485. The van der Waals surface area contributed by atoms with E-state index in [1.807, 2.05) is 0 Å². The molecule has 0 saturated heterocycles. The Morgan fingerprint density at radius 3 is 2.28 bits per heavy atom. The molecule has 1 aliphatic carbocycles. The van der Waals surface area contributed by atoms with E-state index in [-0.39, 0.29) is 0 Å². The van der Waals surface area contributed by atoms with Crippen molar-refractivity contribution in [3.8, 4) is 0 Å². The maximum Gasteiger partial charge on any atom is -0.0340 e. The van der Waals surface area contributed by atoms with Crippen LogP contribution in [-0.4, -0.2) is 0 Å². The zero-order valence-corrected chi connectivity index (χ0v) is 13.8. The molecular weight excluding hydrogens is 216 g/mol. The van der Waals surface area contributed by atoms with Crippen LogP contribution in [0.3, 0.4) is 0 Å². The number of rotatable bonds is 6. The first kappa shape index (κ1) is 16.1. The Hall–Kier alpha value is 0. The summed E-state index contributed by atoms with van der Waals surface area (Å²) in [6, 6.07) is 0. The maximum atomic E-state index is 2.45. The maximum absolute atomic E-state index is 2.45. The molecule has 0 heteroatoms. The molecule has 4 atom stereocenters. The van der Waals surface area contributed by atoms with Gasteiger partial charge in [0.25, 0.3) is 0 Å². The molecule has 0 bridgehead atoms. The van der Waals surface area contributed by atoms with E-state index < -0.39 is 0 Å². The molecule has 18 heavy (non-hydrogen) atoms. The van der Waals surface area contributed by atoms with E-state index >= 15 is 0 Å². The van der Waals surface area contributed by atoms with E-state index in [9.17, 15) is 0 Å². The van der Waals surface area contributed by atoms with Crippen LogP contribution in [0.2, 0.25) is 0 Å². The van der Waals surface area contributed by atoms with Gasteiger partial charge in [0.05, 0.1) is 0 Å². The van der Waals surface area contributed by atoms with Gasteiger partial charge < -0.3 is 0 Å². The largest absolute Gasteiger partial charge is 0.0651 e. The zero-order valence-electron chi connectivity index (χ0n) is 13.8. The van der Waals surface area contributed by atoms with Crippen molar-refractivity contribution in [2.75, 3.05) is 0 Å². The third-order valence-electron chi connectivity index (χ3n) is 5.37. The molecule has 108 valence electrons. The number of hydrogen-bond acceptors (Lipinski definition) is 0. The van der Waals surface area contributed by atoms with Gasteiger partial charge in [0.1, 0.15) is 0 Å². The molecule has 0 aromatic heterocycles. The summed E-state index contributed by atoms with van der Waals surface area (Å²) in [6.07, 6.45) is 10.2. The van der Waals surface area contributed by atoms with E-state index in [0.717, 1.165) is 23.7 Å². The average molecular weight is 252 g/mol. The van der Waals surface area contributed by atoms with Crippen molar-refractivity contribution in [2.24, 2.45) is 29.1 Å². The van der Waals surface area contributed by atoms with E-state index in [1.165, 1.54) is 44.9 Å². The first-order chi connectivity index (χ1) is 8.34. The molecule has 0 aromatic rings. The Labute approximate surface area is 116 Å². The van der Waals surface area contributed by atoms with E-state index in [4.69, 9.17) is 0 Å². The molecule has 4 unspecified atom stereocenters. The molecule has 0 N–H and O–H groups in total. The smallest absolute Gasteiger partial charge is 0.0340 e. The second-order valence-electron chi connectivity index (χ2n) is 8.07. The Balaban J connectivity index is 2.34. The van der Waals surface area contributed by atoms with Crippen molar-refractivity contribution < 1.29 is 0 Å². The summed E-state index contributed by atoms with van der Waals surface area (Å²) in [5.74, 6) is 3.84. The van der Waals surface area contributed by atoms with Gasteiger partial charge in [0.2, 0.25) is 0 Å². The van der Waals surface area contributed by atoms with Gasteiger partial charge in [-0.05, 0) is 41.9 Å². The van der Waals surface area contributed by atoms with Gasteiger partial charge in [-0.25, -0.2) is 0 Å². The topological polar surface area (TPSA) is 0 Å². The monoisotopic (exact) mass is 252 g/mol. The highest BCUT2D eigenvalue weighted by atomic mass is 14.3. The normalized spacial score (nSPS) is 28.3. The Morgan fingerprint density at radius 1 is 1.17 bits per heavy atom. The fourth-order valence-electron chi connectivity index (χ4n) is 4.07. The highest BCUT2D eigenvalue weighted by Crippen LogP contribution is 2.39.